The summed E-state index contributed by atoms with van der Waals surface area (Å²) >= 11 is 5.07. The maximum atomic E-state index is 12.4. The summed E-state index contributed by atoms with van der Waals surface area (Å²) in [5.74, 6) is -0.660. The summed E-state index contributed by atoms with van der Waals surface area (Å²) in [6.45, 7) is 5.01. The summed E-state index contributed by atoms with van der Waals surface area (Å²) in [6.07, 6.45) is 2.50. The minimum atomic E-state index is -0.549. The van der Waals surface area contributed by atoms with Gasteiger partial charge in [0.05, 0.1) is 4.99 Å². The van der Waals surface area contributed by atoms with Gasteiger partial charge in [-0.25, -0.2) is 0 Å². The lowest BCUT2D eigenvalue weighted by Crippen LogP contribution is -2.44. The van der Waals surface area contributed by atoms with Crippen LogP contribution in [0.5, 0.6) is 0 Å². The molecule has 1 amide bonds. The van der Waals surface area contributed by atoms with E-state index in [0.29, 0.717) is 12.6 Å². The van der Waals surface area contributed by atoms with Crippen LogP contribution in [0.2, 0.25) is 0 Å². The highest BCUT2D eigenvalue weighted by Crippen LogP contribution is 2.16. The molecule has 5 heteroatoms. The van der Waals surface area contributed by atoms with Crippen LogP contribution in [0, 0.1) is 0 Å². The second-order valence-corrected chi connectivity index (χ2v) is 6.05. The summed E-state index contributed by atoms with van der Waals surface area (Å²) in [5, 5.41) is 2.99. The molecule has 1 aliphatic heterocycles. The van der Waals surface area contributed by atoms with Crippen molar-refractivity contribution in [1.29, 1.82) is 0 Å². The molecule has 3 N–H and O–H groups in total. The largest absolute Gasteiger partial charge is 0.392 e. The van der Waals surface area contributed by atoms with Crippen molar-refractivity contribution >= 4 is 23.1 Å². The summed E-state index contributed by atoms with van der Waals surface area (Å²) in [4.78, 5) is 15.0. The van der Waals surface area contributed by atoms with Crippen LogP contribution in [0.15, 0.2) is 30.3 Å². The van der Waals surface area contributed by atoms with Crippen LogP contribution in [0.3, 0.4) is 0 Å². The van der Waals surface area contributed by atoms with Gasteiger partial charge in [-0.3, -0.25) is 9.69 Å². The molecule has 1 heterocycles. The maximum absolute atomic E-state index is 12.4. The molecule has 1 fully saturated rings. The van der Waals surface area contributed by atoms with Crippen LogP contribution in [-0.4, -0.2) is 41.5 Å². The Labute approximate surface area is 131 Å². The first-order valence-corrected chi connectivity index (χ1v) is 7.86. The van der Waals surface area contributed by atoms with Crippen LogP contribution in [-0.2, 0) is 4.79 Å². The average Bonchev–Trinajstić information content (AvgIpc) is 3.00. The van der Waals surface area contributed by atoms with E-state index in [2.05, 4.69) is 17.1 Å². The summed E-state index contributed by atoms with van der Waals surface area (Å²) in [6, 6.07) is 9.80. The van der Waals surface area contributed by atoms with Gasteiger partial charge in [0.15, 0.2) is 0 Å². The van der Waals surface area contributed by atoms with Gasteiger partial charge in [-0.1, -0.05) is 42.5 Å². The molecule has 1 aliphatic rings. The highest BCUT2D eigenvalue weighted by atomic mass is 32.1. The van der Waals surface area contributed by atoms with Crippen molar-refractivity contribution in [3.05, 3.63) is 35.9 Å². The van der Waals surface area contributed by atoms with E-state index in [1.54, 1.807) is 0 Å². The minimum absolute atomic E-state index is 0.111. The number of nitrogens with zero attached hydrogens (tertiary/aromatic N) is 1. The topological polar surface area (TPSA) is 58.4 Å². The molecule has 2 rings (SSSR count). The van der Waals surface area contributed by atoms with Crippen molar-refractivity contribution in [2.45, 2.75) is 31.7 Å². The number of amides is 1. The van der Waals surface area contributed by atoms with Crippen molar-refractivity contribution in [3.8, 4) is 0 Å². The lowest BCUT2D eigenvalue weighted by atomic mass is 9.98. The van der Waals surface area contributed by atoms with E-state index in [4.69, 9.17) is 18.0 Å². The molecule has 0 aliphatic carbocycles. The molecular weight excluding hydrogens is 282 g/mol. The number of benzene rings is 1. The van der Waals surface area contributed by atoms with Gasteiger partial charge in [0.25, 0.3) is 0 Å². The Morgan fingerprint density at radius 3 is 2.52 bits per heavy atom. The van der Waals surface area contributed by atoms with E-state index in [0.717, 1.165) is 18.7 Å². The van der Waals surface area contributed by atoms with Crippen molar-refractivity contribution in [3.63, 3.8) is 0 Å². The Bertz CT molecular complexity index is 486. The normalized spacial score (nSPS) is 18.1. The number of hydrogen-bond acceptors (Lipinski definition) is 3. The minimum Gasteiger partial charge on any atom is -0.392 e. The fourth-order valence-corrected chi connectivity index (χ4v) is 3.00. The molecule has 0 radical (unpaired) electrons. The molecule has 0 bridgehead atoms. The Morgan fingerprint density at radius 2 is 1.95 bits per heavy atom. The molecule has 2 unspecified atom stereocenters. The number of nitrogens with two attached hydrogens (primary N) is 1. The Balaban J connectivity index is 1.94. The van der Waals surface area contributed by atoms with E-state index < -0.39 is 5.92 Å². The molecule has 1 saturated heterocycles. The molecule has 0 saturated carbocycles. The number of hydrogen-bond donors (Lipinski definition) is 2. The first-order chi connectivity index (χ1) is 10.1. The number of carbonyl (C=O) groups is 1. The van der Waals surface area contributed by atoms with Crippen LogP contribution >= 0.6 is 12.2 Å². The van der Waals surface area contributed by atoms with Gasteiger partial charge in [-0.2, -0.15) is 0 Å². The van der Waals surface area contributed by atoms with Crippen molar-refractivity contribution in [2.75, 3.05) is 19.6 Å². The Morgan fingerprint density at radius 1 is 1.33 bits per heavy atom. The van der Waals surface area contributed by atoms with Crippen molar-refractivity contribution in [1.82, 2.24) is 10.2 Å². The second kappa shape index (κ2) is 7.52. The zero-order valence-corrected chi connectivity index (χ0v) is 13.2. The van der Waals surface area contributed by atoms with Gasteiger partial charge in [0, 0.05) is 12.6 Å². The lowest BCUT2D eigenvalue weighted by Gasteiger charge is -2.25. The first kappa shape index (κ1) is 15.9. The lowest BCUT2D eigenvalue weighted by molar-refractivity contribution is -0.121. The Hall–Kier alpha value is -1.46. The smallest absolute Gasteiger partial charge is 0.234 e. The van der Waals surface area contributed by atoms with Crippen LogP contribution in [0.1, 0.15) is 31.2 Å². The van der Waals surface area contributed by atoms with E-state index in [1.807, 2.05) is 30.3 Å². The first-order valence-electron chi connectivity index (χ1n) is 7.45. The van der Waals surface area contributed by atoms with Gasteiger partial charge in [-0.05, 0) is 38.4 Å². The molecule has 0 spiro atoms. The predicted molar refractivity (Wildman–Crippen MR) is 89.2 cm³/mol. The standard InChI is InChI=1S/C16H23N3OS/c1-12(19-9-5-6-10-19)11-18-16(20)14(15(17)21)13-7-3-2-4-8-13/h2-4,7-8,12,14H,5-6,9-11H2,1H3,(H2,17,21)(H,18,20). The number of likely N-dealkylation sites (tertiary alicyclic amines) is 1. The third-order valence-corrected chi connectivity index (χ3v) is 4.25. The quantitative estimate of drug-likeness (QED) is 0.785. The number of rotatable bonds is 6. The molecule has 4 nitrogen and oxygen atoms in total. The zero-order valence-electron chi connectivity index (χ0n) is 12.4. The van der Waals surface area contributed by atoms with Crippen LogP contribution in [0.25, 0.3) is 0 Å². The predicted octanol–water partition coefficient (Wildman–Crippen LogP) is 1.66. The third-order valence-electron chi connectivity index (χ3n) is 4.02. The molecule has 0 aromatic heterocycles. The summed E-state index contributed by atoms with van der Waals surface area (Å²) in [5.41, 5.74) is 6.60. The molecular formula is C16H23N3OS. The fourth-order valence-electron chi connectivity index (χ4n) is 2.75. The summed E-state index contributed by atoms with van der Waals surface area (Å²) in [7, 11) is 0. The monoisotopic (exact) mass is 305 g/mol. The molecule has 21 heavy (non-hydrogen) atoms. The van der Waals surface area contributed by atoms with Gasteiger partial charge in [0.2, 0.25) is 5.91 Å². The molecule has 2 atom stereocenters. The van der Waals surface area contributed by atoms with Gasteiger partial charge in [-0.15, -0.1) is 0 Å². The average molecular weight is 305 g/mol. The third kappa shape index (κ3) is 4.25. The number of nitrogens with one attached hydrogen (secondary N) is 1. The highest BCUT2D eigenvalue weighted by Gasteiger charge is 2.25. The van der Waals surface area contributed by atoms with Gasteiger partial charge >= 0.3 is 0 Å². The molecule has 1 aromatic rings. The molecule has 114 valence electrons. The highest BCUT2D eigenvalue weighted by molar-refractivity contribution is 7.80. The second-order valence-electron chi connectivity index (χ2n) is 5.58. The van der Waals surface area contributed by atoms with E-state index in [1.165, 1.54) is 12.8 Å². The van der Waals surface area contributed by atoms with Crippen molar-refractivity contribution in [2.24, 2.45) is 5.73 Å². The maximum Gasteiger partial charge on any atom is 0.234 e. The van der Waals surface area contributed by atoms with E-state index in [-0.39, 0.29) is 10.9 Å². The van der Waals surface area contributed by atoms with Gasteiger partial charge in [0.1, 0.15) is 5.92 Å². The van der Waals surface area contributed by atoms with E-state index >= 15 is 0 Å². The number of carbonyl (C=O) groups excluding carboxylic acids is 1. The zero-order chi connectivity index (χ0) is 15.2. The van der Waals surface area contributed by atoms with Gasteiger partial charge < -0.3 is 11.1 Å². The SMILES string of the molecule is CC(CNC(=O)C(C(N)=S)c1ccccc1)N1CCCC1. The number of thiocarbonyl (C=S) groups is 1. The Kier molecular flexibility index (Phi) is 5.70. The molecule has 1 aromatic carbocycles. The van der Waals surface area contributed by atoms with E-state index in [9.17, 15) is 4.79 Å². The van der Waals surface area contributed by atoms with Crippen LogP contribution < -0.4 is 11.1 Å². The van der Waals surface area contributed by atoms with Crippen LogP contribution in [0.4, 0.5) is 0 Å². The fraction of sp³-hybridized carbons (Fsp3) is 0.500. The van der Waals surface area contributed by atoms with Crippen molar-refractivity contribution < 1.29 is 4.79 Å². The summed E-state index contributed by atoms with van der Waals surface area (Å²) < 4.78 is 0.